The molecule has 0 aliphatic heterocycles. The van der Waals surface area contributed by atoms with Gasteiger partial charge in [-0.3, -0.25) is 0 Å². The number of nitrogens with zero attached hydrogens (tertiary/aromatic N) is 2. The first-order valence-corrected chi connectivity index (χ1v) is 6.63. The number of rotatable bonds is 4. The van der Waals surface area contributed by atoms with E-state index in [-0.39, 0.29) is 12.5 Å². The molecule has 2 heterocycles. The van der Waals surface area contributed by atoms with Gasteiger partial charge in [-0.05, 0) is 30.9 Å². The molecule has 1 atom stereocenters. The van der Waals surface area contributed by atoms with Crippen LogP contribution in [0.5, 0.6) is 0 Å². The Bertz CT molecular complexity index is 478. The summed E-state index contributed by atoms with van der Waals surface area (Å²) in [5, 5.41) is 11.4. The summed E-state index contributed by atoms with van der Waals surface area (Å²) < 4.78 is 0. The van der Waals surface area contributed by atoms with Crippen LogP contribution in [0.2, 0.25) is 0 Å². The summed E-state index contributed by atoms with van der Waals surface area (Å²) in [6.45, 7) is 4.10. The Labute approximate surface area is 105 Å². The minimum Gasteiger partial charge on any atom is -0.396 e. The van der Waals surface area contributed by atoms with Crippen LogP contribution in [-0.4, -0.2) is 21.7 Å². The fourth-order valence-corrected chi connectivity index (χ4v) is 2.40. The van der Waals surface area contributed by atoms with E-state index in [0.29, 0.717) is 0 Å². The molecule has 0 spiro atoms. The van der Waals surface area contributed by atoms with Crippen LogP contribution >= 0.6 is 11.3 Å². The second-order valence-electron chi connectivity index (χ2n) is 4.02. The number of thiophene rings is 1. The van der Waals surface area contributed by atoms with Crippen molar-refractivity contribution in [2.75, 3.05) is 6.61 Å². The molecular formula is C13H16N2OS. The molecule has 0 radical (unpaired) electrons. The fourth-order valence-electron chi connectivity index (χ4n) is 1.72. The maximum atomic E-state index is 9.31. The molecule has 0 saturated heterocycles. The quantitative estimate of drug-likeness (QED) is 0.904. The second-order valence-corrected chi connectivity index (χ2v) is 4.97. The Hall–Kier alpha value is -1.26. The number of aryl methyl sites for hydroxylation is 1. The minimum atomic E-state index is 0.0358. The topological polar surface area (TPSA) is 46.0 Å². The highest BCUT2D eigenvalue weighted by atomic mass is 32.1. The van der Waals surface area contributed by atoms with E-state index in [1.807, 2.05) is 31.4 Å². The normalized spacial score (nSPS) is 12.6. The molecule has 0 bridgehead atoms. The number of aromatic nitrogens is 2. The lowest BCUT2D eigenvalue weighted by Gasteiger charge is -2.11. The Balaban J connectivity index is 2.42. The molecule has 1 N–H and O–H groups in total. The lowest BCUT2D eigenvalue weighted by Crippen LogP contribution is -2.09. The zero-order chi connectivity index (χ0) is 12.3. The molecule has 0 fully saturated rings. The summed E-state index contributed by atoms with van der Waals surface area (Å²) in [6.07, 6.45) is 0.851. The average molecular weight is 248 g/mol. The van der Waals surface area contributed by atoms with Crippen molar-refractivity contribution in [1.82, 2.24) is 9.97 Å². The summed E-state index contributed by atoms with van der Waals surface area (Å²) in [4.78, 5) is 10.1. The molecule has 0 amide bonds. The summed E-state index contributed by atoms with van der Waals surface area (Å²) in [5.74, 6) is 0.784. The number of aliphatic hydroxyl groups excluding tert-OH is 1. The molecule has 0 aliphatic carbocycles. The van der Waals surface area contributed by atoms with Gasteiger partial charge in [0.05, 0.1) is 17.2 Å². The summed E-state index contributed by atoms with van der Waals surface area (Å²) >= 11 is 1.67. The molecule has 0 aromatic carbocycles. The third-order valence-corrected chi connectivity index (χ3v) is 3.62. The van der Waals surface area contributed by atoms with Gasteiger partial charge in [-0.2, -0.15) is 0 Å². The standard InChI is InChI=1S/C13H16N2OS/c1-3-10(8-16)13-14-9(2)7-11(15-13)12-5-4-6-17-12/h4-7,10,16H,3,8H2,1-2H3. The third kappa shape index (κ3) is 2.70. The lowest BCUT2D eigenvalue weighted by atomic mass is 10.1. The number of hydrogen-bond donors (Lipinski definition) is 1. The van der Waals surface area contributed by atoms with Crippen LogP contribution < -0.4 is 0 Å². The van der Waals surface area contributed by atoms with E-state index in [0.717, 1.165) is 28.5 Å². The van der Waals surface area contributed by atoms with E-state index in [1.54, 1.807) is 11.3 Å². The molecule has 2 rings (SSSR count). The monoisotopic (exact) mass is 248 g/mol. The van der Waals surface area contributed by atoms with Crippen LogP contribution in [0.1, 0.15) is 30.8 Å². The molecular weight excluding hydrogens is 232 g/mol. The van der Waals surface area contributed by atoms with Crippen LogP contribution in [0.15, 0.2) is 23.6 Å². The Morgan fingerprint density at radius 1 is 1.41 bits per heavy atom. The van der Waals surface area contributed by atoms with Crippen LogP contribution in [0, 0.1) is 6.92 Å². The predicted molar refractivity (Wildman–Crippen MR) is 70.2 cm³/mol. The predicted octanol–water partition coefficient (Wildman–Crippen LogP) is 3.00. The van der Waals surface area contributed by atoms with Crippen LogP contribution in [0.4, 0.5) is 0 Å². The van der Waals surface area contributed by atoms with Crippen molar-refractivity contribution in [3.63, 3.8) is 0 Å². The molecule has 0 saturated carbocycles. The maximum absolute atomic E-state index is 9.31. The Morgan fingerprint density at radius 2 is 2.24 bits per heavy atom. The lowest BCUT2D eigenvalue weighted by molar-refractivity contribution is 0.257. The van der Waals surface area contributed by atoms with Gasteiger partial charge < -0.3 is 5.11 Å². The summed E-state index contributed by atoms with van der Waals surface area (Å²) in [6, 6.07) is 6.05. The van der Waals surface area contributed by atoms with Crippen molar-refractivity contribution in [3.05, 3.63) is 35.1 Å². The first-order valence-electron chi connectivity index (χ1n) is 5.75. The first kappa shape index (κ1) is 12.2. The van der Waals surface area contributed by atoms with Gasteiger partial charge in [0.15, 0.2) is 0 Å². The smallest absolute Gasteiger partial charge is 0.134 e. The largest absolute Gasteiger partial charge is 0.396 e. The van der Waals surface area contributed by atoms with Gasteiger partial charge in [0.2, 0.25) is 0 Å². The van der Waals surface area contributed by atoms with Gasteiger partial charge in [-0.25, -0.2) is 9.97 Å². The third-order valence-electron chi connectivity index (χ3n) is 2.72. The molecule has 1 unspecified atom stereocenters. The highest BCUT2D eigenvalue weighted by Crippen LogP contribution is 2.25. The Kier molecular flexibility index (Phi) is 3.86. The van der Waals surface area contributed by atoms with Gasteiger partial charge in [-0.1, -0.05) is 13.0 Å². The van der Waals surface area contributed by atoms with Crippen molar-refractivity contribution in [1.29, 1.82) is 0 Å². The van der Waals surface area contributed by atoms with Crippen molar-refractivity contribution < 1.29 is 5.11 Å². The molecule has 3 nitrogen and oxygen atoms in total. The van der Waals surface area contributed by atoms with E-state index in [2.05, 4.69) is 16.0 Å². The Morgan fingerprint density at radius 3 is 2.82 bits per heavy atom. The number of aliphatic hydroxyl groups is 1. The van der Waals surface area contributed by atoms with Gasteiger partial charge in [-0.15, -0.1) is 11.3 Å². The second kappa shape index (κ2) is 5.38. The molecule has 90 valence electrons. The van der Waals surface area contributed by atoms with E-state index >= 15 is 0 Å². The fraction of sp³-hybridized carbons (Fsp3) is 0.385. The van der Waals surface area contributed by atoms with Crippen molar-refractivity contribution in [3.8, 4) is 10.6 Å². The van der Waals surface area contributed by atoms with E-state index in [9.17, 15) is 5.11 Å². The molecule has 4 heteroatoms. The zero-order valence-electron chi connectivity index (χ0n) is 10.1. The van der Waals surface area contributed by atoms with Crippen molar-refractivity contribution in [2.24, 2.45) is 0 Å². The van der Waals surface area contributed by atoms with Gasteiger partial charge in [0, 0.05) is 11.6 Å². The van der Waals surface area contributed by atoms with Crippen LogP contribution in [-0.2, 0) is 0 Å². The molecule has 0 aliphatic rings. The number of hydrogen-bond acceptors (Lipinski definition) is 4. The molecule has 17 heavy (non-hydrogen) atoms. The van der Waals surface area contributed by atoms with E-state index < -0.39 is 0 Å². The average Bonchev–Trinajstić information content (AvgIpc) is 2.83. The van der Waals surface area contributed by atoms with Gasteiger partial charge >= 0.3 is 0 Å². The molecule has 2 aromatic heterocycles. The first-order chi connectivity index (χ1) is 8.24. The summed E-state index contributed by atoms with van der Waals surface area (Å²) in [5.41, 5.74) is 1.90. The van der Waals surface area contributed by atoms with E-state index in [4.69, 9.17) is 0 Å². The van der Waals surface area contributed by atoms with Crippen molar-refractivity contribution >= 4 is 11.3 Å². The van der Waals surface area contributed by atoms with E-state index in [1.165, 1.54) is 0 Å². The zero-order valence-corrected chi connectivity index (χ0v) is 10.9. The maximum Gasteiger partial charge on any atom is 0.134 e. The molecule has 2 aromatic rings. The van der Waals surface area contributed by atoms with Gasteiger partial charge in [0.1, 0.15) is 5.82 Å². The summed E-state index contributed by atoms with van der Waals surface area (Å²) in [7, 11) is 0. The minimum absolute atomic E-state index is 0.0358. The SMILES string of the molecule is CCC(CO)c1nc(C)cc(-c2cccs2)n1. The van der Waals surface area contributed by atoms with Gasteiger partial charge in [0.25, 0.3) is 0 Å². The van der Waals surface area contributed by atoms with Crippen LogP contribution in [0.25, 0.3) is 10.6 Å². The van der Waals surface area contributed by atoms with Crippen molar-refractivity contribution in [2.45, 2.75) is 26.2 Å². The highest BCUT2D eigenvalue weighted by Gasteiger charge is 2.13. The van der Waals surface area contributed by atoms with Crippen LogP contribution in [0.3, 0.4) is 0 Å². The highest BCUT2D eigenvalue weighted by molar-refractivity contribution is 7.13.